The Balaban J connectivity index is -0.00000240. The Morgan fingerprint density at radius 2 is 1.21 bits per heavy atom. The van der Waals surface area contributed by atoms with Gasteiger partial charge in [-0.3, -0.25) is 0 Å². The van der Waals surface area contributed by atoms with Gasteiger partial charge < -0.3 is 37.2 Å². The Bertz CT molecular complexity index is 748. The second-order valence-electron chi connectivity index (χ2n) is 10.9. The molecule has 0 amide bonds. The van der Waals surface area contributed by atoms with Crippen molar-refractivity contribution in [2.24, 2.45) is 0 Å². The summed E-state index contributed by atoms with van der Waals surface area (Å²) in [5.41, 5.74) is 4.93. The Kier molecular flexibility index (Phi) is 21.3. The van der Waals surface area contributed by atoms with Crippen molar-refractivity contribution >= 4 is 18.4 Å². The maximum absolute atomic E-state index is 2.58. The zero-order chi connectivity index (χ0) is 22.2. The van der Waals surface area contributed by atoms with Crippen LogP contribution < -0.4 is 47.6 Å². The molecule has 2 aromatic carbocycles. The SMILES string of the molecule is CCCCCCc1cc(CCCCCC)cc([Si](C)(C)[c-]2cccc2C(C)(C)C)c1.[Cl-].[Cl-].[Cl-].[Ti+4]. The van der Waals surface area contributed by atoms with Crippen LogP contribution in [0.25, 0.3) is 0 Å². The monoisotopic (exact) mass is 576 g/mol. The normalized spacial score (nSPS) is 11.0. The molecule has 0 aliphatic carbocycles. The second kappa shape index (κ2) is 18.6. The van der Waals surface area contributed by atoms with E-state index in [1.165, 1.54) is 64.2 Å². The van der Waals surface area contributed by atoms with Crippen LogP contribution in [0.3, 0.4) is 0 Å². The van der Waals surface area contributed by atoms with Crippen LogP contribution in [-0.2, 0) is 40.0 Å². The maximum Gasteiger partial charge on any atom is 4.00 e. The first kappa shape index (κ1) is 38.9. The van der Waals surface area contributed by atoms with E-state index in [4.69, 9.17) is 0 Å². The maximum atomic E-state index is 2.58. The van der Waals surface area contributed by atoms with Crippen molar-refractivity contribution in [1.29, 1.82) is 0 Å². The third kappa shape index (κ3) is 11.6. The van der Waals surface area contributed by atoms with Crippen molar-refractivity contribution in [1.82, 2.24) is 0 Å². The molecule has 0 aliphatic rings. The average molecular weight is 578 g/mol. The van der Waals surface area contributed by atoms with Crippen molar-refractivity contribution in [3.05, 3.63) is 53.1 Å². The van der Waals surface area contributed by atoms with Crippen LogP contribution in [0, 0.1) is 0 Å². The van der Waals surface area contributed by atoms with E-state index in [2.05, 4.69) is 84.1 Å². The van der Waals surface area contributed by atoms with Crippen molar-refractivity contribution in [3.8, 4) is 0 Å². The van der Waals surface area contributed by atoms with Crippen LogP contribution >= 0.6 is 0 Å². The summed E-state index contributed by atoms with van der Waals surface area (Å²) in [5.74, 6) is 0. The van der Waals surface area contributed by atoms with Crippen LogP contribution in [-0.4, -0.2) is 8.07 Å². The first-order chi connectivity index (χ1) is 14.2. The summed E-state index contributed by atoms with van der Waals surface area (Å²) in [5, 5.41) is 3.27. The van der Waals surface area contributed by atoms with Crippen molar-refractivity contribution < 1.29 is 58.9 Å². The minimum Gasteiger partial charge on any atom is -1.00 e. The zero-order valence-corrected chi connectivity index (χ0v) is 27.5. The molecule has 2 aromatic rings. The molecule has 0 aliphatic heterocycles. The van der Waals surface area contributed by atoms with E-state index in [0.717, 1.165) is 0 Å². The molecule has 0 spiro atoms. The minimum absolute atomic E-state index is 0. The van der Waals surface area contributed by atoms with Gasteiger partial charge in [0.1, 0.15) is 0 Å². The predicted molar refractivity (Wildman–Crippen MR) is 140 cm³/mol. The van der Waals surface area contributed by atoms with E-state index in [-0.39, 0.29) is 64.4 Å². The number of benzene rings is 1. The standard InChI is InChI=1S/C29H47Si.3ClH.Ti/c1-8-10-12-14-17-24-21-25(18-15-13-11-9-2)23-26(22-24)30(6,7)28-20-16-19-27(28)29(3,4)5;;;;/h16,19-23H,8-15,17-18H2,1-7H3;3*1H;/q-1;;;;+4/p-3. The van der Waals surface area contributed by atoms with Crippen molar-refractivity contribution in [2.45, 2.75) is 117 Å². The fourth-order valence-electron chi connectivity index (χ4n) is 4.70. The molecule has 5 heteroatoms. The smallest absolute Gasteiger partial charge is 1.00 e. The summed E-state index contributed by atoms with van der Waals surface area (Å²) in [7, 11) is -1.73. The number of hydrogen-bond donors (Lipinski definition) is 0. The van der Waals surface area contributed by atoms with Gasteiger partial charge in [0.25, 0.3) is 0 Å². The molecule has 2 rings (SSSR count). The topological polar surface area (TPSA) is 0 Å². The van der Waals surface area contributed by atoms with E-state index in [9.17, 15) is 0 Å². The molecular weight excluding hydrogens is 531 g/mol. The first-order valence-corrected chi connectivity index (χ1v) is 15.6. The Morgan fingerprint density at radius 3 is 1.62 bits per heavy atom. The summed E-state index contributed by atoms with van der Waals surface area (Å²) in [4.78, 5) is 0. The van der Waals surface area contributed by atoms with Gasteiger partial charge in [-0.1, -0.05) is 110 Å². The molecule has 192 valence electrons. The van der Waals surface area contributed by atoms with Gasteiger partial charge >= 0.3 is 21.7 Å². The molecule has 0 radical (unpaired) electrons. The van der Waals surface area contributed by atoms with Crippen LogP contribution in [0.1, 0.15) is 103 Å². The van der Waals surface area contributed by atoms with E-state index in [1.807, 2.05) is 0 Å². The molecule has 0 atom stereocenters. The van der Waals surface area contributed by atoms with Crippen LogP contribution in [0.4, 0.5) is 0 Å². The number of halogens is 3. The molecule has 0 unspecified atom stereocenters. The summed E-state index contributed by atoms with van der Waals surface area (Å²) in [6.45, 7) is 16.8. The van der Waals surface area contributed by atoms with Gasteiger partial charge in [-0.2, -0.15) is 16.8 Å². The Hall–Kier alpha value is 0.371. The summed E-state index contributed by atoms with van der Waals surface area (Å²) in [6, 6.07) is 14.7. The average Bonchev–Trinajstić information content (AvgIpc) is 3.20. The molecule has 0 saturated heterocycles. The molecular formula is C29H47Cl3SiTi. The van der Waals surface area contributed by atoms with E-state index >= 15 is 0 Å². The predicted octanol–water partition coefficient (Wildman–Crippen LogP) is -1.22. The molecule has 0 saturated carbocycles. The summed E-state index contributed by atoms with van der Waals surface area (Å²) >= 11 is 0. The molecule has 0 N–H and O–H groups in total. The van der Waals surface area contributed by atoms with Gasteiger partial charge in [-0.05, 0) is 42.2 Å². The minimum atomic E-state index is -1.73. The number of unbranched alkanes of at least 4 members (excludes halogenated alkanes) is 6. The van der Waals surface area contributed by atoms with Gasteiger partial charge in [0, 0.05) is 0 Å². The fourth-order valence-corrected chi connectivity index (χ4v) is 7.75. The number of hydrogen-bond acceptors (Lipinski definition) is 0. The molecule has 0 bridgehead atoms. The van der Waals surface area contributed by atoms with Crippen LogP contribution in [0.2, 0.25) is 13.1 Å². The van der Waals surface area contributed by atoms with Crippen LogP contribution in [0.5, 0.6) is 0 Å². The molecule has 0 fully saturated rings. The largest absolute Gasteiger partial charge is 4.00 e. The van der Waals surface area contributed by atoms with Gasteiger partial charge in [-0.15, -0.1) is 0 Å². The Labute approximate surface area is 246 Å². The third-order valence-corrected chi connectivity index (χ3v) is 10.2. The van der Waals surface area contributed by atoms with Gasteiger partial charge in [0.2, 0.25) is 0 Å². The number of rotatable bonds is 12. The number of aryl methyl sites for hydroxylation is 2. The first-order valence-electron chi connectivity index (χ1n) is 12.6. The molecule has 0 nitrogen and oxygen atoms in total. The van der Waals surface area contributed by atoms with Gasteiger partial charge in [0.05, 0.1) is 8.07 Å². The molecule has 34 heavy (non-hydrogen) atoms. The van der Waals surface area contributed by atoms with E-state index in [1.54, 1.807) is 27.1 Å². The third-order valence-electron chi connectivity index (χ3n) is 6.71. The van der Waals surface area contributed by atoms with Crippen molar-refractivity contribution in [3.63, 3.8) is 0 Å². The quantitative estimate of drug-likeness (QED) is 0.169. The molecule has 0 heterocycles. The summed E-state index contributed by atoms with van der Waals surface area (Å²) < 4.78 is 0. The van der Waals surface area contributed by atoms with Gasteiger partial charge in [-0.25, -0.2) is 12.1 Å². The second-order valence-corrected chi connectivity index (χ2v) is 15.3. The van der Waals surface area contributed by atoms with Gasteiger partial charge in [0.15, 0.2) is 0 Å². The van der Waals surface area contributed by atoms with Crippen LogP contribution in [0.15, 0.2) is 36.4 Å². The zero-order valence-electron chi connectivity index (χ0n) is 22.7. The molecule has 0 aromatic heterocycles. The fraction of sp³-hybridized carbons (Fsp3) is 0.621. The summed E-state index contributed by atoms with van der Waals surface area (Å²) in [6.07, 6.45) is 13.2. The van der Waals surface area contributed by atoms with E-state index < -0.39 is 8.07 Å². The van der Waals surface area contributed by atoms with E-state index in [0.29, 0.717) is 0 Å². The van der Waals surface area contributed by atoms with Crippen molar-refractivity contribution in [2.75, 3.05) is 0 Å². The Morgan fingerprint density at radius 1 is 0.735 bits per heavy atom.